The number of amides is 1. The maximum absolute atomic E-state index is 12.9. The highest BCUT2D eigenvalue weighted by Gasteiger charge is 2.40. The van der Waals surface area contributed by atoms with E-state index in [4.69, 9.17) is 4.74 Å². The van der Waals surface area contributed by atoms with Crippen LogP contribution in [0, 0.1) is 5.92 Å². The number of rotatable bonds is 6. The molecule has 3 rings (SSSR count). The monoisotopic (exact) mass is 411 g/mol. The fraction of sp³-hybridized carbons (Fsp3) is 0.474. The van der Waals surface area contributed by atoms with Gasteiger partial charge in [0.15, 0.2) is 12.3 Å². The lowest BCUT2D eigenvalue weighted by Gasteiger charge is -2.30. The highest BCUT2D eigenvalue weighted by molar-refractivity contribution is 6.02. The summed E-state index contributed by atoms with van der Waals surface area (Å²) >= 11 is 0. The van der Waals surface area contributed by atoms with Crippen molar-refractivity contribution >= 4 is 22.6 Å². The fourth-order valence-electron chi connectivity index (χ4n) is 3.21. The molecule has 0 bridgehead atoms. The van der Waals surface area contributed by atoms with Crippen LogP contribution in [0.25, 0.3) is 10.8 Å². The molecule has 156 valence electrons. The normalized spacial score (nSPS) is 15.2. The van der Waals surface area contributed by atoms with Gasteiger partial charge >= 0.3 is 12.1 Å². The summed E-state index contributed by atoms with van der Waals surface area (Å²) in [6, 6.07) is 5.65. The van der Waals surface area contributed by atoms with E-state index in [0.717, 1.165) is 17.5 Å². The Morgan fingerprint density at radius 1 is 1.28 bits per heavy atom. The van der Waals surface area contributed by atoms with E-state index in [9.17, 15) is 27.6 Å². The minimum atomic E-state index is -4.56. The Bertz CT molecular complexity index is 998. The number of hydrogen-bond donors (Lipinski definition) is 0. The van der Waals surface area contributed by atoms with Crippen LogP contribution in [0.3, 0.4) is 0 Å². The molecule has 0 aliphatic heterocycles. The number of aromatic nitrogens is 2. The van der Waals surface area contributed by atoms with E-state index in [1.165, 1.54) is 19.2 Å². The zero-order chi connectivity index (χ0) is 21.3. The van der Waals surface area contributed by atoms with Gasteiger partial charge in [-0.3, -0.25) is 9.59 Å². The number of alkyl halides is 3. The quantitative estimate of drug-likeness (QED) is 0.682. The molecular weight excluding hydrogens is 391 g/mol. The molecule has 7 nitrogen and oxygen atoms in total. The second-order valence-corrected chi connectivity index (χ2v) is 7.11. The third-order valence-electron chi connectivity index (χ3n) is 4.94. The maximum Gasteiger partial charge on any atom is 0.406 e. The largest absolute Gasteiger partial charge is 0.451 e. The summed E-state index contributed by atoms with van der Waals surface area (Å²) in [6.45, 7) is -0.682. The van der Waals surface area contributed by atoms with Crippen LogP contribution in [-0.4, -0.2) is 51.9 Å². The Balaban J connectivity index is 1.77. The molecule has 2 aromatic rings. The van der Waals surface area contributed by atoms with Crippen LogP contribution in [0.4, 0.5) is 13.2 Å². The van der Waals surface area contributed by atoms with Crippen molar-refractivity contribution < 1.29 is 27.5 Å². The first kappa shape index (κ1) is 20.8. The third kappa shape index (κ3) is 4.75. The number of halogens is 3. The molecular formula is C19H20F3N3O4. The van der Waals surface area contributed by atoms with Gasteiger partial charge in [-0.15, -0.1) is 0 Å². The van der Waals surface area contributed by atoms with Crippen molar-refractivity contribution in [2.45, 2.75) is 32.0 Å². The van der Waals surface area contributed by atoms with Crippen LogP contribution >= 0.6 is 0 Å². The van der Waals surface area contributed by atoms with Gasteiger partial charge in [0, 0.05) is 18.5 Å². The average Bonchev–Trinajstić information content (AvgIpc) is 3.51. The van der Waals surface area contributed by atoms with Crippen LogP contribution < -0.4 is 5.56 Å². The topological polar surface area (TPSA) is 81.5 Å². The van der Waals surface area contributed by atoms with Crippen molar-refractivity contribution in [3.05, 3.63) is 40.3 Å². The molecule has 0 saturated heterocycles. The first-order valence-corrected chi connectivity index (χ1v) is 9.08. The summed E-state index contributed by atoms with van der Waals surface area (Å²) in [5.74, 6) is -1.90. The molecule has 0 spiro atoms. The van der Waals surface area contributed by atoms with E-state index in [2.05, 4.69) is 5.10 Å². The second-order valence-electron chi connectivity index (χ2n) is 7.11. The standard InChI is InChI=1S/C19H20F3N3O4/c1-11(12-7-8-12)25(10-19(20,21)22)15(26)9-29-18(28)16-13-5-3-4-6-14(13)17(27)24(2)23-16/h3-6,11-12H,7-10H2,1-2H3. The minimum absolute atomic E-state index is 0.0197. The molecule has 1 fully saturated rings. The number of benzene rings is 1. The first-order chi connectivity index (χ1) is 13.6. The van der Waals surface area contributed by atoms with E-state index in [1.807, 2.05) is 0 Å². The maximum atomic E-state index is 12.9. The number of carbonyl (C=O) groups excluding carboxylic acids is 2. The number of esters is 1. The molecule has 1 aliphatic rings. The highest BCUT2D eigenvalue weighted by Crippen LogP contribution is 2.36. The fourth-order valence-corrected chi connectivity index (χ4v) is 3.21. The highest BCUT2D eigenvalue weighted by atomic mass is 19.4. The van der Waals surface area contributed by atoms with E-state index >= 15 is 0 Å². The molecule has 1 saturated carbocycles. The average molecular weight is 411 g/mol. The van der Waals surface area contributed by atoms with Gasteiger partial charge in [-0.2, -0.15) is 18.3 Å². The van der Waals surface area contributed by atoms with Crippen molar-refractivity contribution in [1.82, 2.24) is 14.7 Å². The summed E-state index contributed by atoms with van der Waals surface area (Å²) in [7, 11) is 1.36. The zero-order valence-electron chi connectivity index (χ0n) is 15.9. The van der Waals surface area contributed by atoms with Crippen LogP contribution in [0.15, 0.2) is 29.1 Å². The molecule has 1 aliphatic carbocycles. The predicted octanol–water partition coefficient (Wildman–Crippen LogP) is 2.28. The zero-order valence-corrected chi connectivity index (χ0v) is 15.9. The molecule has 1 aromatic carbocycles. The van der Waals surface area contributed by atoms with Gasteiger partial charge in [0.2, 0.25) is 0 Å². The SMILES string of the molecule is CC(C1CC1)N(CC(F)(F)F)C(=O)COC(=O)c1nn(C)c(=O)c2ccccc12. The summed E-state index contributed by atoms with van der Waals surface area (Å²) in [6.07, 6.45) is -3.04. The lowest BCUT2D eigenvalue weighted by Crippen LogP contribution is -2.47. The van der Waals surface area contributed by atoms with Gasteiger partial charge in [-0.25, -0.2) is 9.48 Å². The number of hydrogen-bond acceptors (Lipinski definition) is 5. The molecule has 29 heavy (non-hydrogen) atoms. The Morgan fingerprint density at radius 3 is 2.48 bits per heavy atom. The van der Waals surface area contributed by atoms with Crippen molar-refractivity contribution in [1.29, 1.82) is 0 Å². The Hall–Kier alpha value is -2.91. The Labute approximate surface area is 164 Å². The lowest BCUT2D eigenvalue weighted by atomic mass is 10.1. The Morgan fingerprint density at radius 2 is 1.90 bits per heavy atom. The van der Waals surface area contributed by atoms with Gasteiger partial charge in [-0.05, 0) is 31.7 Å². The summed E-state index contributed by atoms with van der Waals surface area (Å²) in [5.41, 5.74) is -0.601. The molecule has 1 heterocycles. The molecule has 1 atom stereocenters. The molecule has 10 heteroatoms. The first-order valence-electron chi connectivity index (χ1n) is 9.08. The van der Waals surface area contributed by atoms with E-state index in [-0.39, 0.29) is 22.4 Å². The van der Waals surface area contributed by atoms with Gasteiger partial charge in [0.05, 0.1) is 5.39 Å². The summed E-state index contributed by atoms with van der Waals surface area (Å²) in [4.78, 5) is 37.7. The van der Waals surface area contributed by atoms with Crippen LogP contribution in [-0.2, 0) is 16.6 Å². The van der Waals surface area contributed by atoms with Gasteiger partial charge in [-0.1, -0.05) is 18.2 Å². The van der Waals surface area contributed by atoms with Gasteiger partial charge < -0.3 is 9.64 Å². The number of carbonyl (C=O) groups is 2. The Kier molecular flexibility index (Phi) is 5.63. The molecule has 1 unspecified atom stereocenters. The number of fused-ring (bicyclic) bond motifs is 1. The number of aryl methyl sites for hydroxylation is 1. The third-order valence-corrected chi connectivity index (χ3v) is 4.94. The molecule has 1 aromatic heterocycles. The molecule has 0 N–H and O–H groups in total. The minimum Gasteiger partial charge on any atom is -0.451 e. The lowest BCUT2D eigenvalue weighted by molar-refractivity contribution is -0.167. The van der Waals surface area contributed by atoms with Crippen LogP contribution in [0.2, 0.25) is 0 Å². The van der Waals surface area contributed by atoms with Crippen LogP contribution in [0.1, 0.15) is 30.3 Å². The van der Waals surface area contributed by atoms with E-state index in [1.54, 1.807) is 19.1 Å². The second kappa shape index (κ2) is 7.84. The van der Waals surface area contributed by atoms with E-state index < -0.39 is 42.8 Å². The predicted molar refractivity (Wildman–Crippen MR) is 97.2 cm³/mol. The number of nitrogens with zero attached hydrogens (tertiary/aromatic N) is 3. The van der Waals surface area contributed by atoms with Crippen molar-refractivity contribution in [3.63, 3.8) is 0 Å². The summed E-state index contributed by atoms with van der Waals surface area (Å²) < 4.78 is 44.6. The smallest absolute Gasteiger partial charge is 0.406 e. The number of ether oxygens (including phenoxy) is 1. The molecule has 0 radical (unpaired) electrons. The van der Waals surface area contributed by atoms with E-state index in [0.29, 0.717) is 4.90 Å². The summed E-state index contributed by atoms with van der Waals surface area (Å²) in [5, 5.41) is 4.36. The van der Waals surface area contributed by atoms with Gasteiger partial charge in [0.1, 0.15) is 6.54 Å². The molecule has 1 amide bonds. The van der Waals surface area contributed by atoms with Crippen molar-refractivity contribution in [3.8, 4) is 0 Å². The van der Waals surface area contributed by atoms with Gasteiger partial charge in [0.25, 0.3) is 11.5 Å². The van der Waals surface area contributed by atoms with Crippen molar-refractivity contribution in [2.24, 2.45) is 13.0 Å². The van der Waals surface area contributed by atoms with Crippen molar-refractivity contribution in [2.75, 3.05) is 13.2 Å². The van der Waals surface area contributed by atoms with Crippen LogP contribution in [0.5, 0.6) is 0 Å².